The molecule has 6 nitrogen and oxygen atoms in total. The van der Waals surface area contributed by atoms with Gasteiger partial charge in [-0.3, -0.25) is 4.79 Å². The van der Waals surface area contributed by atoms with Crippen molar-refractivity contribution in [2.45, 2.75) is 26.4 Å². The standard InChI is InChI=1S/C18H21N3O3/c1-13-5-3-4-6-16(13)23-12-18(22)21-10-9-15(11-21)24-17-8-7-14(2)19-20-17/h3-8,15H,9-12H2,1-2H3. The molecule has 0 spiro atoms. The summed E-state index contributed by atoms with van der Waals surface area (Å²) in [4.78, 5) is 14.1. The molecule has 1 aliphatic rings. The highest BCUT2D eigenvalue weighted by molar-refractivity contribution is 5.78. The molecule has 1 aromatic heterocycles. The molecule has 1 unspecified atom stereocenters. The lowest BCUT2D eigenvalue weighted by Gasteiger charge is -2.17. The normalized spacial score (nSPS) is 16.9. The van der Waals surface area contributed by atoms with Crippen LogP contribution in [0.5, 0.6) is 11.6 Å². The summed E-state index contributed by atoms with van der Waals surface area (Å²) in [5.74, 6) is 1.21. The van der Waals surface area contributed by atoms with E-state index in [1.165, 1.54) is 0 Å². The number of hydrogen-bond donors (Lipinski definition) is 0. The van der Waals surface area contributed by atoms with E-state index in [1.54, 1.807) is 11.0 Å². The number of hydrogen-bond acceptors (Lipinski definition) is 5. The Morgan fingerprint density at radius 2 is 2.04 bits per heavy atom. The first-order valence-electron chi connectivity index (χ1n) is 8.05. The Morgan fingerprint density at radius 1 is 1.21 bits per heavy atom. The highest BCUT2D eigenvalue weighted by Gasteiger charge is 2.28. The first kappa shape index (κ1) is 16.2. The Morgan fingerprint density at radius 3 is 2.79 bits per heavy atom. The van der Waals surface area contributed by atoms with E-state index in [0.29, 0.717) is 19.0 Å². The van der Waals surface area contributed by atoms with Crippen molar-refractivity contribution >= 4 is 5.91 Å². The zero-order valence-corrected chi connectivity index (χ0v) is 13.9. The minimum Gasteiger partial charge on any atom is -0.484 e. The molecule has 0 radical (unpaired) electrons. The van der Waals surface area contributed by atoms with Crippen molar-refractivity contribution < 1.29 is 14.3 Å². The predicted molar refractivity (Wildman–Crippen MR) is 89.1 cm³/mol. The third-order valence-corrected chi connectivity index (χ3v) is 4.00. The number of para-hydroxylation sites is 1. The van der Waals surface area contributed by atoms with E-state index in [9.17, 15) is 4.79 Å². The molecule has 1 aliphatic heterocycles. The molecule has 0 bridgehead atoms. The molecular formula is C18H21N3O3. The average Bonchev–Trinajstić information content (AvgIpc) is 3.05. The summed E-state index contributed by atoms with van der Waals surface area (Å²) in [5.41, 5.74) is 1.87. The van der Waals surface area contributed by atoms with Gasteiger partial charge in [-0.05, 0) is 31.5 Å². The zero-order chi connectivity index (χ0) is 16.9. The van der Waals surface area contributed by atoms with Gasteiger partial charge in [0.15, 0.2) is 6.61 Å². The monoisotopic (exact) mass is 327 g/mol. The Kier molecular flexibility index (Phi) is 4.93. The van der Waals surface area contributed by atoms with Crippen molar-refractivity contribution in [2.24, 2.45) is 0 Å². The third kappa shape index (κ3) is 4.01. The molecule has 1 saturated heterocycles. The zero-order valence-electron chi connectivity index (χ0n) is 13.9. The average molecular weight is 327 g/mol. The van der Waals surface area contributed by atoms with Gasteiger partial charge in [-0.25, -0.2) is 0 Å². The van der Waals surface area contributed by atoms with Crippen LogP contribution in [0.3, 0.4) is 0 Å². The van der Waals surface area contributed by atoms with Gasteiger partial charge in [0, 0.05) is 19.0 Å². The van der Waals surface area contributed by atoms with Gasteiger partial charge in [0.25, 0.3) is 5.91 Å². The minimum absolute atomic E-state index is 0.0284. The molecule has 0 saturated carbocycles. The second-order valence-electron chi connectivity index (χ2n) is 5.94. The number of rotatable bonds is 5. The van der Waals surface area contributed by atoms with Crippen LogP contribution in [0, 0.1) is 13.8 Å². The maximum absolute atomic E-state index is 12.3. The Labute approximate surface area is 141 Å². The Bertz CT molecular complexity index is 703. The van der Waals surface area contributed by atoms with E-state index in [4.69, 9.17) is 9.47 Å². The van der Waals surface area contributed by atoms with E-state index in [2.05, 4.69) is 10.2 Å². The van der Waals surface area contributed by atoms with E-state index >= 15 is 0 Å². The summed E-state index contributed by atoms with van der Waals surface area (Å²) in [5, 5.41) is 7.97. The van der Waals surface area contributed by atoms with Gasteiger partial charge in [-0.15, -0.1) is 5.10 Å². The number of ether oxygens (including phenoxy) is 2. The summed E-state index contributed by atoms with van der Waals surface area (Å²) in [6.45, 7) is 5.09. The number of aryl methyl sites for hydroxylation is 2. The van der Waals surface area contributed by atoms with Gasteiger partial charge in [0.2, 0.25) is 5.88 Å². The molecule has 2 heterocycles. The SMILES string of the molecule is Cc1ccc(OC2CCN(C(=O)COc3ccccc3C)C2)nn1. The molecule has 0 N–H and O–H groups in total. The highest BCUT2D eigenvalue weighted by Crippen LogP contribution is 2.18. The van der Waals surface area contributed by atoms with Gasteiger partial charge < -0.3 is 14.4 Å². The number of benzene rings is 1. The maximum atomic E-state index is 12.3. The molecule has 1 atom stereocenters. The van der Waals surface area contributed by atoms with Crippen LogP contribution in [0.4, 0.5) is 0 Å². The number of likely N-dealkylation sites (tertiary alicyclic amines) is 1. The van der Waals surface area contributed by atoms with Gasteiger partial charge in [-0.1, -0.05) is 18.2 Å². The molecule has 6 heteroatoms. The van der Waals surface area contributed by atoms with Crippen LogP contribution in [0.1, 0.15) is 17.7 Å². The minimum atomic E-state index is -0.0515. The van der Waals surface area contributed by atoms with Crippen LogP contribution in [0.2, 0.25) is 0 Å². The van der Waals surface area contributed by atoms with Crippen LogP contribution in [0.25, 0.3) is 0 Å². The van der Waals surface area contributed by atoms with Crippen LogP contribution in [-0.4, -0.2) is 46.8 Å². The first-order valence-corrected chi connectivity index (χ1v) is 8.05. The topological polar surface area (TPSA) is 64.5 Å². The van der Waals surface area contributed by atoms with E-state index in [0.717, 1.165) is 23.4 Å². The maximum Gasteiger partial charge on any atom is 0.260 e. The number of carbonyl (C=O) groups excluding carboxylic acids is 1. The van der Waals surface area contributed by atoms with Gasteiger partial charge in [0.1, 0.15) is 11.9 Å². The number of carbonyl (C=O) groups is 1. The fraction of sp³-hybridized carbons (Fsp3) is 0.389. The van der Waals surface area contributed by atoms with Crippen LogP contribution >= 0.6 is 0 Å². The van der Waals surface area contributed by atoms with Crippen LogP contribution < -0.4 is 9.47 Å². The second kappa shape index (κ2) is 7.29. The lowest BCUT2D eigenvalue weighted by Crippen LogP contribution is -2.34. The predicted octanol–water partition coefficient (Wildman–Crippen LogP) is 2.15. The number of amides is 1. The third-order valence-electron chi connectivity index (χ3n) is 4.00. The number of aromatic nitrogens is 2. The molecule has 1 amide bonds. The Hall–Kier alpha value is -2.63. The van der Waals surface area contributed by atoms with Crippen LogP contribution in [0.15, 0.2) is 36.4 Å². The van der Waals surface area contributed by atoms with Crippen molar-refractivity contribution in [2.75, 3.05) is 19.7 Å². The lowest BCUT2D eigenvalue weighted by molar-refractivity contribution is -0.132. The smallest absolute Gasteiger partial charge is 0.260 e. The highest BCUT2D eigenvalue weighted by atomic mass is 16.5. The summed E-state index contributed by atoms with van der Waals surface area (Å²) in [6.07, 6.45) is 0.732. The molecule has 126 valence electrons. The van der Waals surface area contributed by atoms with Gasteiger partial charge >= 0.3 is 0 Å². The van der Waals surface area contributed by atoms with Gasteiger partial charge in [-0.2, -0.15) is 5.10 Å². The van der Waals surface area contributed by atoms with Crippen molar-refractivity contribution in [1.82, 2.24) is 15.1 Å². The van der Waals surface area contributed by atoms with Gasteiger partial charge in [0.05, 0.1) is 12.2 Å². The molecule has 24 heavy (non-hydrogen) atoms. The lowest BCUT2D eigenvalue weighted by atomic mass is 10.2. The van der Waals surface area contributed by atoms with Crippen molar-refractivity contribution in [3.05, 3.63) is 47.7 Å². The Balaban J connectivity index is 1.49. The van der Waals surface area contributed by atoms with E-state index in [-0.39, 0.29) is 18.6 Å². The largest absolute Gasteiger partial charge is 0.484 e. The molecule has 2 aromatic rings. The summed E-state index contributed by atoms with van der Waals surface area (Å²) in [6, 6.07) is 11.3. The van der Waals surface area contributed by atoms with Crippen LogP contribution in [-0.2, 0) is 4.79 Å². The fourth-order valence-corrected chi connectivity index (χ4v) is 2.62. The molecule has 0 aliphatic carbocycles. The van der Waals surface area contributed by atoms with E-state index in [1.807, 2.05) is 44.2 Å². The quantitative estimate of drug-likeness (QED) is 0.842. The molecular weight excluding hydrogens is 306 g/mol. The van der Waals surface area contributed by atoms with Crippen molar-refractivity contribution in [3.63, 3.8) is 0 Å². The second-order valence-corrected chi connectivity index (χ2v) is 5.94. The van der Waals surface area contributed by atoms with Crippen molar-refractivity contribution in [3.8, 4) is 11.6 Å². The summed E-state index contributed by atoms with van der Waals surface area (Å²) in [7, 11) is 0. The fourth-order valence-electron chi connectivity index (χ4n) is 2.62. The molecule has 1 aromatic carbocycles. The van der Waals surface area contributed by atoms with Crippen molar-refractivity contribution in [1.29, 1.82) is 0 Å². The molecule has 3 rings (SSSR count). The van der Waals surface area contributed by atoms with E-state index < -0.39 is 0 Å². The first-order chi connectivity index (χ1) is 11.6. The molecule has 1 fully saturated rings. The summed E-state index contributed by atoms with van der Waals surface area (Å²) >= 11 is 0. The summed E-state index contributed by atoms with van der Waals surface area (Å²) < 4.78 is 11.4. The number of nitrogens with zero attached hydrogens (tertiary/aromatic N) is 3.